The van der Waals surface area contributed by atoms with Crippen LogP contribution in [0.15, 0.2) is 47.6 Å². The van der Waals surface area contributed by atoms with E-state index in [0.29, 0.717) is 26.8 Å². The Labute approximate surface area is 176 Å². The van der Waals surface area contributed by atoms with Crippen LogP contribution >= 0.6 is 35.0 Å². The van der Waals surface area contributed by atoms with E-state index in [1.165, 1.54) is 30.0 Å². The molecule has 0 spiro atoms. The molecule has 0 saturated heterocycles. The fourth-order valence-electron chi connectivity index (χ4n) is 2.59. The number of amides is 1. The van der Waals surface area contributed by atoms with Gasteiger partial charge in [-0.2, -0.15) is 0 Å². The highest BCUT2D eigenvalue weighted by molar-refractivity contribution is 7.98. The third kappa shape index (κ3) is 4.66. The maximum absolute atomic E-state index is 13.8. The molecule has 5 nitrogen and oxygen atoms in total. The van der Waals surface area contributed by atoms with Crippen LogP contribution in [-0.4, -0.2) is 20.7 Å². The average Bonchev–Trinajstić information content (AvgIpc) is 3.03. The van der Waals surface area contributed by atoms with Gasteiger partial charge in [0, 0.05) is 12.8 Å². The third-order valence-electron chi connectivity index (χ3n) is 4.07. The molecule has 3 aromatic rings. The van der Waals surface area contributed by atoms with Gasteiger partial charge in [0.2, 0.25) is 0 Å². The van der Waals surface area contributed by atoms with Gasteiger partial charge >= 0.3 is 0 Å². The summed E-state index contributed by atoms with van der Waals surface area (Å²) in [6.45, 7) is 1.77. The molecular weight excluding hydrogens is 422 g/mol. The Morgan fingerprint density at radius 3 is 2.68 bits per heavy atom. The normalized spacial score (nSPS) is 12.0. The Morgan fingerprint density at radius 2 is 1.96 bits per heavy atom. The van der Waals surface area contributed by atoms with E-state index < -0.39 is 17.8 Å². The highest BCUT2D eigenvalue weighted by Gasteiger charge is 2.20. The van der Waals surface area contributed by atoms with Crippen LogP contribution in [0.25, 0.3) is 0 Å². The molecule has 2 aromatic carbocycles. The van der Waals surface area contributed by atoms with Crippen molar-refractivity contribution in [3.8, 4) is 0 Å². The zero-order valence-electron chi connectivity index (χ0n) is 15.1. The number of nitrogens with zero attached hydrogens (tertiary/aromatic N) is 3. The van der Waals surface area contributed by atoms with Gasteiger partial charge in [0.25, 0.3) is 5.91 Å². The van der Waals surface area contributed by atoms with Crippen molar-refractivity contribution in [2.75, 3.05) is 0 Å². The second-order valence-electron chi connectivity index (χ2n) is 6.11. The van der Waals surface area contributed by atoms with E-state index in [1.54, 1.807) is 23.6 Å². The number of aromatic nitrogens is 3. The van der Waals surface area contributed by atoms with E-state index in [9.17, 15) is 9.18 Å². The highest BCUT2D eigenvalue weighted by Crippen LogP contribution is 2.27. The quantitative estimate of drug-likeness (QED) is 0.547. The molecule has 1 unspecified atom stereocenters. The number of hydrogen-bond donors (Lipinski definition) is 1. The Hall–Kier alpha value is -2.09. The fraction of sp³-hybridized carbons (Fsp3) is 0.211. The lowest BCUT2D eigenvalue weighted by Gasteiger charge is -2.14. The van der Waals surface area contributed by atoms with E-state index >= 15 is 0 Å². The molecule has 3 rings (SSSR count). The molecule has 0 radical (unpaired) electrons. The van der Waals surface area contributed by atoms with Gasteiger partial charge in [-0.1, -0.05) is 53.2 Å². The van der Waals surface area contributed by atoms with E-state index in [2.05, 4.69) is 15.5 Å². The number of rotatable bonds is 6. The molecule has 0 fully saturated rings. The predicted molar refractivity (Wildman–Crippen MR) is 109 cm³/mol. The molecule has 9 heteroatoms. The summed E-state index contributed by atoms with van der Waals surface area (Å²) in [6.07, 6.45) is 0. The summed E-state index contributed by atoms with van der Waals surface area (Å²) in [7, 11) is 1.82. The molecule has 0 bridgehead atoms. The lowest BCUT2D eigenvalue weighted by atomic mass is 10.2. The van der Waals surface area contributed by atoms with Crippen molar-refractivity contribution in [3.05, 3.63) is 75.3 Å². The first-order valence-electron chi connectivity index (χ1n) is 8.38. The first-order chi connectivity index (χ1) is 13.4. The predicted octanol–water partition coefficient (Wildman–Crippen LogP) is 5.04. The smallest absolute Gasteiger partial charge is 0.254 e. The van der Waals surface area contributed by atoms with Crippen LogP contribution in [-0.2, 0) is 12.8 Å². The molecule has 0 aliphatic rings. The monoisotopic (exact) mass is 438 g/mol. The van der Waals surface area contributed by atoms with Crippen molar-refractivity contribution in [2.45, 2.75) is 23.9 Å². The van der Waals surface area contributed by atoms with Crippen LogP contribution in [0.3, 0.4) is 0 Å². The second kappa shape index (κ2) is 8.94. The summed E-state index contributed by atoms with van der Waals surface area (Å²) in [6, 6.07) is 10.9. The van der Waals surface area contributed by atoms with Gasteiger partial charge in [0.1, 0.15) is 5.82 Å². The van der Waals surface area contributed by atoms with E-state index in [1.807, 2.05) is 19.2 Å². The summed E-state index contributed by atoms with van der Waals surface area (Å²) < 4.78 is 15.6. The Bertz CT molecular complexity index is 1010. The number of halogens is 3. The van der Waals surface area contributed by atoms with Crippen LogP contribution < -0.4 is 5.32 Å². The fourth-order valence-corrected chi connectivity index (χ4v) is 3.77. The van der Waals surface area contributed by atoms with Gasteiger partial charge in [-0.25, -0.2) is 4.39 Å². The van der Waals surface area contributed by atoms with Crippen molar-refractivity contribution in [1.82, 2.24) is 20.1 Å². The maximum atomic E-state index is 13.8. The molecule has 1 atom stereocenters. The lowest BCUT2D eigenvalue weighted by Crippen LogP contribution is -2.29. The largest absolute Gasteiger partial charge is 0.342 e. The summed E-state index contributed by atoms with van der Waals surface area (Å²) in [5.74, 6) is 0.140. The standard InChI is InChI=1S/C19H17Cl2FN4OS/c1-11(23-18(27)13-5-3-4-6-16(13)22)17-24-25-19(26(17)2)28-10-12-7-8-14(20)15(21)9-12/h3-9,11H,10H2,1-2H3,(H,23,27). The van der Waals surface area contributed by atoms with Crippen LogP contribution in [0.2, 0.25) is 10.0 Å². The summed E-state index contributed by atoms with van der Waals surface area (Å²) >= 11 is 13.5. The average molecular weight is 439 g/mol. The molecule has 28 heavy (non-hydrogen) atoms. The summed E-state index contributed by atoms with van der Waals surface area (Å²) in [4.78, 5) is 12.3. The van der Waals surface area contributed by atoms with Gasteiger partial charge in [-0.3, -0.25) is 4.79 Å². The van der Waals surface area contributed by atoms with Crippen LogP contribution in [0, 0.1) is 5.82 Å². The van der Waals surface area contributed by atoms with Crippen molar-refractivity contribution >= 4 is 40.9 Å². The van der Waals surface area contributed by atoms with Crippen LogP contribution in [0.4, 0.5) is 4.39 Å². The molecule has 1 N–H and O–H groups in total. The minimum Gasteiger partial charge on any atom is -0.342 e. The molecule has 0 aliphatic heterocycles. The van der Waals surface area contributed by atoms with E-state index in [4.69, 9.17) is 23.2 Å². The topological polar surface area (TPSA) is 59.8 Å². The molecule has 1 aromatic heterocycles. The minimum absolute atomic E-state index is 0.00858. The van der Waals surface area contributed by atoms with E-state index in [0.717, 1.165) is 5.56 Å². The molecule has 1 amide bonds. The van der Waals surface area contributed by atoms with E-state index in [-0.39, 0.29) is 5.56 Å². The zero-order valence-corrected chi connectivity index (χ0v) is 17.4. The van der Waals surface area contributed by atoms with Gasteiger partial charge in [0.05, 0.1) is 21.7 Å². The SMILES string of the molecule is CC(NC(=O)c1ccccc1F)c1nnc(SCc2ccc(Cl)c(Cl)c2)n1C. The number of thioether (sulfide) groups is 1. The van der Waals surface area contributed by atoms with Gasteiger partial charge in [-0.05, 0) is 36.8 Å². The molecule has 1 heterocycles. The number of carbonyl (C=O) groups excluding carboxylic acids is 1. The minimum atomic E-state index is -0.567. The first-order valence-corrected chi connectivity index (χ1v) is 10.1. The number of carbonyl (C=O) groups is 1. The highest BCUT2D eigenvalue weighted by atomic mass is 35.5. The lowest BCUT2D eigenvalue weighted by molar-refractivity contribution is 0.0933. The first kappa shape index (κ1) is 20.6. The Morgan fingerprint density at radius 1 is 1.21 bits per heavy atom. The summed E-state index contributed by atoms with van der Waals surface area (Å²) in [5.41, 5.74) is 0.996. The van der Waals surface area contributed by atoms with Crippen molar-refractivity contribution < 1.29 is 9.18 Å². The third-order valence-corrected chi connectivity index (χ3v) is 5.90. The molecular formula is C19H17Cl2FN4OS. The van der Waals surface area contributed by atoms with Gasteiger partial charge in [0.15, 0.2) is 11.0 Å². The molecule has 146 valence electrons. The van der Waals surface area contributed by atoms with Crippen LogP contribution in [0.5, 0.6) is 0 Å². The number of hydrogen-bond acceptors (Lipinski definition) is 4. The maximum Gasteiger partial charge on any atom is 0.254 e. The number of nitrogens with one attached hydrogen (secondary N) is 1. The summed E-state index contributed by atoms with van der Waals surface area (Å²) in [5, 5.41) is 12.8. The molecule has 0 saturated carbocycles. The van der Waals surface area contributed by atoms with Crippen molar-refractivity contribution in [1.29, 1.82) is 0 Å². The van der Waals surface area contributed by atoms with Gasteiger partial charge < -0.3 is 9.88 Å². The Balaban J connectivity index is 1.67. The van der Waals surface area contributed by atoms with Crippen LogP contribution in [0.1, 0.15) is 34.7 Å². The number of benzene rings is 2. The van der Waals surface area contributed by atoms with Crippen molar-refractivity contribution in [3.63, 3.8) is 0 Å². The zero-order chi connectivity index (χ0) is 20.3. The second-order valence-corrected chi connectivity index (χ2v) is 7.87. The Kier molecular flexibility index (Phi) is 6.59. The molecule has 0 aliphatic carbocycles. The van der Waals surface area contributed by atoms with Crippen molar-refractivity contribution in [2.24, 2.45) is 7.05 Å². The van der Waals surface area contributed by atoms with Gasteiger partial charge in [-0.15, -0.1) is 10.2 Å².